The van der Waals surface area contributed by atoms with Gasteiger partial charge in [0.25, 0.3) is 5.91 Å². The number of carbonyl (C=O) groups is 1. The van der Waals surface area contributed by atoms with Crippen LogP contribution in [0.2, 0.25) is 0 Å². The van der Waals surface area contributed by atoms with Crippen LogP contribution in [0.4, 0.5) is 13.2 Å². The molecule has 0 bridgehead atoms. The standard InChI is InChI=1S/C19H18F3NO3/c1-11-10-26-16(12-3-5-13(25-2)6-4-12)9-23(11)19(24)14-7-8-15(20)18(22)17(14)21/h3-8,11,16H,9-10H2,1-2H3. The minimum absolute atomic E-state index is 0.171. The fourth-order valence-corrected chi connectivity index (χ4v) is 2.91. The van der Waals surface area contributed by atoms with Crippen molar-refractivity contribution < 1.29 is 27.4 Å². The maximum absolute atomic E-state index is 14.0. The number of nitrogens with zero attached hydrogens (tertiary/aromatic N) is 1. The third-order valence-corrected chi connectivity index (χ3v) is 4.45. The molecule has 1 aliphatic heterocycles. The van der Waals surface area contributed by atoms with Gasteiger partial charge in [-0.2, -0.15) is 0 Å². The van der Waals surface area contributed by atoms with Crippen molar-refractivity contribution in [2.45, 2.75) is 19.1 Å². The van der Waals surface area contributed by atoms with Gasteiger partial charge in [-0.3, -0.25) is 4.79 Å². The molecule has 26 heavy (non-hydrogen) atoms. The summed E-state index contributed by atoms with van der Waals surface area (Å²) in [5, 5.41) is 0. The fraction of sp³-hybridized carbons (Fsp3) is 0.316. The Morgan fingerprint density at radius 3 is 2.46 bits per heavy atom. The lowest BCUT2D eigenvalue weighted by molar-refractivity contribution is -0.0488. The number of morpholine rings is 1. The second kappa shape index (κ2) is 7.37. The zero-order valence-corrected chi connectivity index (χ0v) is 14.3. The average Bonchev–Trinajstić information content (AvgIpc) is 2.66. The van der Waals surface area contributed by atoms with Crippen LogP contribution in [0.15, 0.2) is 36.4 Å². The van der Waals surface area contributed by atoms with Crippen LogP contribution in [0.3, 0.4) is 0 Å². The highest BCUT2D eigenvalue weighted by Gasteiger charge is 2.33. The van der Waals surface area contributed by atoms with E-state index in [2.05, 4.69) is 0 Å². The molecule has 138 valence electrons. The minimum atomic E-state index is -1.65. The van der Waals surface area contributed by atoms with Crippen LogP contribution in [-0.4, -0.2) is 37.1 Å². The summed E-state index contributed by atoms with van der Waals surface area (Å²) in [7, 11) is 1.56. The lowest BCUT2D eigenvalue weighted by Gasteiger charge is -2.38. The highest BCUT2D eigenvalue weighted by molar-refractivity contribution is 5.94. The summed E-state index contributed by atoms with van der Waals surface area (Å²) in [5.74, 6) is -4.46. The Hall–Kier alpha value is -2.54. The van der Waals surface area contributed by atoms with Gasteiger partial charge in [0, 0.05) is 0 Å². The lowest BCUT2D eigenvalue weighted by Crippen LogP contribution is -2.48. The molecule has 2 atom stereocenters. The van der Waals surface area contributed by atoms with Gasteiger partial charge in [-0.15, -0.1) is 0 Å². The van der Waals surface area contributed by atoms with E-state index in [-0.39, 0.29) is 19.2 Å². The van der Waals surface area contributed by atoms with E-state index >= 15 is 0 Å². The van der Waals surface area contributed by atoms with Crippen molar-refractivity contribution in [3.05, 3.63) is 65.0 Å². The second-order valence-corrected chi connectivity index (χ2v) is 6.12. The predicted molar refractivity (Wildman–Crippen MR) is 88.5 cm³/mol. The van der Waals surface area contributed by atoms with E-state index in [0.29, 0.717) is 5.75 Å². The maximum atomic E-state index is 14.0. The molecular weight excluding hydrogens is 347 g/mol. The van der Waals surface area contributed by atoms with E-state index in [1.807, 2.05) is 12.1 Å². The molecule has 0 saturated carbocycles. The summed E-state index contributed by atoms with van der Waals surface area (Å²) in [4.78, 5) is 14.1. The lowest BCUT2D eigenvalue weighted by atomic mass is 10.0. The highest BCUT2D eigenvalue weighted by atomic mass is 19.2. The number of halogens is 3. The van der Waals surface area contributed by atoms with Gasteiger partial charge in [0.1, 0.15) is 11.9 Å². The first-order valence-corrected chi connectivity index (χ1v) is 8.12. The molecule has 0 radical (unpaired) electrons. The SMILES string of the molecule is COc1ccc(C2CN(C(=O)c3ccc(F)c(F)c3F)C(C)CO2)cc1. The van der Waals surface area contributed by atoms with Crippen molar-refractivity contribution in [3.63, 3.8) is 0 Å². The summed E-state index contributed by atoms with van der Waals surface area (Å²) in [6.45, 7) is 2.17. The van der Waals surface area contributed by atoms with Gasteiger partial charge in [0.15, 0.2) is 17.5 Å². The van der Waals surface area contributed by atoms with Gasteiger partial charge >= 0.3 is 0 Å². The van der Waals surface area contributed by atoms with Crippen molar-refractivity contribution >= 4 is 5.91 Å². The van der Waals surface area contributed by atoms with Gasteiger partial charge in [0.05, 0.1) is 31.9 Å². The Bertz CT molecular complexity index is 810. The molecule has 7 heteroatoms. The number of hydrogen-bond donors (Lipinski definition) is 0. The third-order valence-electron chi connectivity index (χ3n) is 4.45. The molecule has 1 aliphatic rings. The Kier molecular flexibility index (Phi) is 5.18. The van der Waals surface area contributed by atoms with Crippen molar-refractivity contribution in [3.8, 4) is 5.75 Å². The Labute approximate surface area is 149 Å². The van der Waals surface area contributed by atoms with Gasteiger partial charge in [-0.1, -0.05) is 12.1 Å². The molecule has 2 unspecified atom stereocenters. The topological polar surface area (TPSA) is 38.8 Å². The molecule has 2 aromatic rings. The molecule has 2 aromatic carbocycles. The molecule has 0 aromatic heterocycles. The summed E-state index contributed by atoms with van der Waals surface area (Å²) in [6.07, 6.45) is -0.408. The minimum Gasteiger partial charge on any atom is -0.497 e. The first kappa shape index (κ1) is 18.3. The quantitative estimate of drug-likeness (QED) is 0.779. The van der Waals surface area contributed by atoms with Crippen molar-refractivity contribution in [2.75, 3.05) is 20.3 Å². The Balaban J connectivity index is 1.84. The molecule has 1 fully saturated rings. The largest absolute Gasteiger partial charge is 0.497 e. The first-order chi connectivity index (χ1) is 12.4. The van der Waals surface area contributed by atoms with E-state index in [0.717, 1.165) is 17.7 Å². The molecule has 1 heterocycles. The van der Waals surface area contributed by atoms with Gasteiger partial charge in [-0.25, -0.2) is 13.2 Å². The van der Waals surface area contributed by atoms with E-state index in [1.54, 1.807) is 26.2 Å². The number of methoxy groups -OCH3 is 1. The number of ether oxygens (including phenoxy) is 2. The molecule has 1 saturated heterocycles. The summed E-state index contributed by atoms with van der Waals surface area (Å²) >= 11 is 0. The Morgan fingerprint density at radius 1 is 1.12 bits per heavy atom. The van der Waals surface area contributed by atoms with Crippen LogP contribution >= 0.6 is 0 Å². The zero-order chi connectivity index (χ0) is 18.8. The van der Waals surface area contributed by atoms with Crippen LogP contribution in [0, 0.1) is 17.5 Å². The van der Waals surface area contributed by atoms with E-state index in [4.69, 9.17) is 9.47 Å². The maximum Gasteiger partial charge on any atom is 0.257 e. The van der Waals surface area contributed by atoms with E-state index < -0.39 is 35.0 Å². The number of hydrogen-bond acceptors (Lipinski definition) is 3. The monoisotopic (exact) mass is 365 g/mol. The first-order valence-electron chi connectivity index (χ1n) is 8.12. The normalized spacial score (nSPS) is 20.1. The summed E-state index contributed by atoms with van der Waals surface area (Å²) in [5.41, 5.74) is 0.340. The van der Waals surface area contributed by atoms with E-state index in [1.165, 1.54) is 4.90 Å². The Morgan fingerprint density at radius 2 is 1.81 bits per heavy atom. The molecule has 1 amide bonds. The van der Waals surface area contributed by atoms with Crippen LogP contribution in [0.1, 0.15) is 28.9 Å². The van der Waals surface area contributed by atoms with Crippen molar-refractivity contribution in [1.82, 2.24) is 4.90 Å². The summed E-state index contributed by atoms with van der Waals surface area (Å²) in [6, 6.07) is 8.57. The third kappa shape index (κ3) is 3.39. The van der Waals surface area contributed by atoms with Crippen LogP contribution < -0.4 is 4.74 Å². The zero-order valence-electron chi connectivity index (χ0n) is 14.3. The van der Waals surface area contributed by atoms with Crippen molar-refractivity contribution in [1.29, 1.82) is 0 Å². The van der Waals surface area contributed by atoms with Gasteiger partial charge < -0.3 is 14.4 Å². The van der Waals surface area contributed by atoms with Gasteiger partial charge in [-0.05, 0) is 36.8 Å². The molecule has 0 N–H and O–H groups in total. The van der Waals surface area contributed by atoms with Gasteiger partial charge in [0.2, 0.25) is 0 Å². The number of benzene rings is 2. The molecule has 0 aliphatic carbocycles. The second-order valence-electron chi connectivity index (χ2n) is 6.12. The molecule has 3 rings (SSSR count). The van der Waals surface area contributed by atoms with Crippen molar-refractivity contribution in [2.24, 2.45) is 0 Å². The van der Waals surface area contributed by atoms with E-state index in [9.17, 15) is 18.0 Å². The smallest absolute Gasteiger partial charge is 0.257 e. The predicted octanol–water partition coefficient (Wildman–Crippen LogP) is 3.71. The van der Waals surface area contributed by atoms with Crippen LogP contribution in [0.25, 0.3) is 0 Å². The fourth-order valence-electron chi connectivity index (χ4n) is 2.91. The molecule has 4 nitrogen and oxygen atoms in total. The molecular formula is C19H18F3NO3. The number of carbonyl (C=O) groups excluding carboxylic acids is 1. The highest BCUT2D eigenvalue weighted by Crippen LogP contribution is 2.28. The molecule has 0 spiro atoms. The van der Waals surface area contributed by atoms with Crippen LogP contribution in [0.5, 0.6) is 5.75 Å². The number of amides is 1. The average molecular weight is 365 g/mol. The van der Waals surface area contributed by atoms with Crippen LogP contribution in [-0.2, 0) is 4.74 Å². The summed E-state index contributed by atoms with van der Waals surface area (Å²) < 4.78 is 51.5. The number of rotatable bonds is 3.